The van der Waals surface area contributed by atoms with E-state index in [9.17, 15) is 14.0 Å². The smallest absolute Gasteiger partial charge is 0.317 e. The van der Waals surface area contributed by atoms with Crippen molar-refractivity contribution in [2.45, 2.75) is 6.54 Å². The molecule has 1 fully saturated rings. The second-order valence-electron chi connectivity index (χ2n) is 6.52. The van der Waals surface area contributed by atoms with Gasteiger partial charge in [-0.15, -0.1) is 0 Å². The van der Waals surface area contributed by atoms with Crippen molar-refractivity contribution in [3.05, 3.63) is 64.9 Å². The number of carbonyl (C=O) groups excluding carboxylic acids is 2. The summed E-state index contributed by atoms with van der Waals surface area (Å²) in [6.45, 7) is 2.60. The highest BCUT2D eigenvalue weighted by Gasteiger charge is 2.21. The maximum atomic E-state index is 13.1. The summed E-state index contributed by atoms with van der Waals surface area (Å²) in [7, 11) is 0. The second-order valence-corrected chi connectivity index (χ2v) is 6.96. The Morgan fingerprint density at radius 1 is 1.00 bits per heavy atom. The van der Waals surface area contributed by atoms with Crippen LogP contribution in [0.3, 0.4) is 0 Å². The normalized spacial score (nSPS) is 13.9. The number of hydrogen-bond acceptors (Lipinski definition) is 3. The molecule has 6 nitrogen and oxygen atoms in total. The first-order valence-corrected chi connectivity index (χ1v) is 9.43. The monoisotopic (exact) mass is 404 g/mol. The van der Waals surface area contributed by atoms with Gasteiger partial charge >= 0.3 is 6.03 Å². The minimum absolute atomic E-state index is 0.122. The van der Waals surface area contributed by atoms with Crippen LogP contribution in [-0.2, 0) is 11.3 Å². The molecule has 3 amide bonds. The number of rotatable bonds is 5. The molecule has 28 heavy (non-hydrogen) atoms. The average Bonchev–Trinajstić information content (AvgIpc) is 2.70. The lowest BCUT2D eigenvalue weighted by Crippen LogP contribution is -2.53. The molecule has 1 heterocycles. The molecule has 0 atom stereocenters. The molecule has 0 radical (unpaired) electrons. The van der Waals surface area contributed by atoms with E-state index in [1.165, 1.54) is 12.1 Å². The van der Waals surface area contributed by atoms with Crippen LogP contribution in [-0.4, -0.2) is 49.6 Å². The van der Waals surface area contributed by atoms with Crippen LogP contribution in [0.25, 0.3) is 0 Å². The van der Waals surface area contributed by atoms with Gasteiger partial charge in [0.15, 0.2) is 0 Å². The molecular weight excluding hydrogens is 383 g/mol. The predicted octanol–water partition coefficient (Wildman–Crippen LogP) is 2.63. The van der Waals surface area contributed by atoms with Gasteiger partial charge in [-0.3, -0.25) is 4.79 Å². The average molecular weight is 405 g/mol. The summed E-state index contributed by atoms with van der Waals surface area (Å²) in [6.07, 6.45) is 0. The summed E-state index contributed by atoms with van der Waals surface area (Å²) >= 11 is 6.03. The molecule has 0 saturated carbocycles. The Bertz CT molecular complexity index is 840. The highest BCUT2D eigenvalue weighted by atomic mass is 35.5. The van der Waals surface area contributed by atoms with Crippen molar-refractivity contribution in [1.29, 1.82) is 0 Å². The molecule has 0 unspecified atom stereocenters. The summed E-state index contributed by atoms with van der Waals surface area (Å²) in [5, 5.41) is 5.97. The number of amides is 3. The molecule has 0 aromatic heterocycles. The van der Waals surface area contributed by atoms with Crippen LogP contribution in [0.4, 0.5) is 14.9 Å². The molecule has 0 spiro atoms. The van der Waals surface area contributed by atoms with E-state index in [1.54, 1.807) is 17.0 Å². The summed E-state index contributed by atoms with van der Waals surface area (Å²) in [6, 6.07) is 13.4. The van der Waals surface area contributed by atoms with E-state index in [2.05, 4.69) is 15.5 Å². The lowest BCUT2D eigenvalue weighted by molar-refractivity contribution is -0.120. The van der Waals surface area contributed by atoms with Gasteiger partial charge in [-0.25, -0.2) is 9.18 Å². The summed E-state index contributed by atoms with van der Waals surface area (Å²) in [5.74, 6) is -0.674. The summed E-state index contributed by atoms with van der Waals surface area (Å²) in [4.78, 5) is 28.0. The molecule has 2 N–H and O–H groups in total. The van der Waals surface area contributed by atoms with Crippen LogP contribution in [0.15, 0.2) is 48.5 Å². The number of nitrogens with one attached hydrogen (secondary N) is 2. The van der Waals surface area contributed by atoms with Gasteiger partial charge in [0, 0.05) is 43.4 Å². The molecule has 2 aromatic carbocycles. The van der Waals surface area contributed by atoms with Crippen LogP contribution < -0.4 is 15.5 Å². The van der Waals surface area contributed by atoms with Crippen molar-refractivity contribution >= 4 is 29.2 Å². The minimum atomic E-state index is -0.350. The molecule has 1 saturated heterocycles. The number of piperazine rings is 1. The Morgan fingerprint density at radius 3 is 2.46 bits per heavy atom. The lowest BCUT2D eigenvalue weighted by Gasteiger charge is -2.36. The van der Waals surface area contributed by atoms with E-state index in [0.717, 1.165) is 5.69 Å². The van der Waals surface area contributed by atoms with Crippen LogP contribution >= 0.6 is 11.6 Å². The lowest BCUT2D eigenvalue weighted by atomic mass is 10.2. The van der Waals surface area contributed by atoms with Crippen molar-refractivity contribution < 1.29 is 14.0 Å². The van der Waals surface area contributed by atoms with Gasteiger partial charge in [0.1, 0.15) is 5.82 Å². The molecule has 8 heteroatoms. The van der Waals surface area contributed by atoms with Crippen LogP contribution in [0, 0.1) is 5.82 Å². The van der Waals surface area contributed by atoms with Gasteiger partial charge < -0.3 is 20.4 Å². The standard InChI is InChI=1S/C20H22ClFN4O2/c21-16-4-2-6-18(12-16)25-7-9-26(10-8-25)20(28)24-14-19(27)23-13-15-3-1-5-17(22)11-15/h1-6,11-12H,7-10,13-14H2,(H,23,27)(H,24,28). The zero-order chi connectivity index (χ0) is 19.9. The molecule has 1 aliphatic heterocycles. The Kier molecular flexibility index (Phi) is 6.71. The van der Waals surface area contributed by atoms with Gasteiger partial charge in [-0.2, -0.15) is 0 Å². The molecule has 2 aromatic rings. The van der Waals surface area contributed by atoms with E-state index >= 15 is 0 Å². The fourth-order valence-electron chi connectivity index (χ4n) is 3.02. The first kappa shape index (κ1) is 19.9. The number of hydrogen-bond donors (Lipinski definition) is 2. The first-order chi connectivity index (χ1) is 13.5. The van der Waals surface area contributed by atoms with Crippen molar-refractivity contribution in [2.24, 2.45) is 0 Å². The van der Waals surface area contributed by atoms with Gasteiger partial charge in [-0.05, 0) is 35.9 Å². The topological polar surface area (TPSA) is 64.7 Å². The highest BCUT2D eigenvalue weighted by molar-refractivity contribution is 6.30. The van der Waals surface area contributed by atoms with Gasteiger partial charge in [0.2, 0.25) is 5.91 Å². The maximum absolute atomic E-state index is 13.1. The third-order valence-electron chi connectivity index (χ3n) is 4.52. The Hall–Kier alpha value is -2.80. The van der Waals surface area contributed by atoms with E-state index in [0.29, 0.717) is 36.8 Å². The third kappa shape index (κ3) is 5.60. The molecule has 3 rings (SSSR count). The van der Waals surface area contributed by atoms with Crippen molar-refractivity contribution in [3.8, 4) is 0 Å². The summed E-state index contributed by atoms with van der Waals surface area (Å²) in [5.41, 5.74) is 1.70. The molecule has 1 aliphatic rings. The van der Waals surface area contributed by atoms with Crippen LogP contribution in [0.2, 0.25) is 5.02 Å². The molecule has 148 valence electrons. The second kappa shape index (κ2) is 9.41. The van der Waals surface area contributed by atoms with Crippen LogP contribution in [0.1, 0.15) is 5.56 Å². The zero-order valence-corrected chi connectivity index (χ0v) is 16.1. The number of anilines is 1. The molecule has 0 bridgehead atoms. The number of urea groups is 1. The van der Waals surface area contributed by atoms with E-state index < -0.39 is 0 Å². The van der Waals surface area contributed by atoms with Gasteiger partial charge in [-0.1, -0.05) is 29.8 Å². The SMILES string of the molecule is O=C(CNC(=O)N1CCN(c2cccc(Cl)c2)CC1)NCc1cccc(F)c1. The van der Waals surface area contributed by atoms with Gasteiger partial charge in [0.05, 0.1) is 6.54 Å². The quantitative estimate of drug-likeness (QED) is 0.805. The molecule has 0 aliphatic carbocycles. The highest BCUT2D eigenvalue weighted by Crippen LogP contribution is 2.20. The molecular formula is C20H22ClFN4O2. The van der Waals surface area contributed by atoms with Gasteiger partial charge in [0.25, 0.3) is 0 Å². The van der Waals surface area contributed by atoms with Crippen molar-refractivity contribution in [1.82, 2.24) is 15.5 Å². The largest absolute Gasteiger partial charge is 0.368 e. The van der Waals surface area contributed by atoms with E-state index in [1.807, 2.05) is 24.3 Å². The number of halogens is 2. The number of benzene rings is 2. The first-order valence-electron chi connectivity index (χ1n) is 9.06. The fourth-order valence-corrected chi connectivity index (χ4v) is 3.20. The minimum Gasteiger partial charge on any atom is -0.368 e. The predicted molar refractivity (Wildman–Crippen MR) is 107 cm³/mol. The Morgan fingerprint density at radius 2 is 1.75 bits per heavy atom. The summed E-state index contributed by atoms with van der Waals surface area (Å²) < 4.78 is 13.1. The Labute approximate surface area is 168 Å². The number of carbonyl (C=O) groups is 2. The fraction of sp³-hybridized carbons (Fsp3) is 0.300. The van der Waals surface area contributed by atoms with E-state index in [4.69, 9.17) is 11.6 Å². The maximum Gasteiger partial charge on any atom is 0.317 e. The third-order valence-corrected chi connectivity index (χ3v) is 4.75. The Balaban J connectivity index is 1.39. The van der Waals surface area contributed by atoms with E-state index in [-0.39, 0.29) is 30.8 Å². The zero-order valence-electron chi connectivity index (χ0n) is 15.3. The van der Waals surface area contributed by atoms with Crippen molar-refractivity contribution in [3.63, 3.8) is 0 Å². The van der Waals surface area contributed by atoms with Crippen LogP contribution in [0.5, 0.6) is 0 Å². The van der Waals surface area contributed by atoms with Crippen molar-refractivity contribution in [2.75, 3.05) is 37.6 Å². The number of nitrogens with zero attached hydrogens (tertiary/aromatic N) is 2.